The largest absolute Gasteiger partial charge is 0.420 e. The molecule has 0 amide bonds. The molecule has 1 N–H and O–H groups in total. The van der Waals surface area contributed by atoms with Gasteiger partial charge in [0.05, 0.1) is 5.69 Å². The predicted octanol–water partition coefficient (Wildman–Crippen LogP) is -0.337. The van der Waals surface area contributed by atoms with E-state index in [0.29, 0.717) is 0 Å². The molecule has 0 aromatic rings. The second kappa shape index (κ2) is 1.94. The van der Waals surface area contributed by atoms with Gasteiger partial charge in [0, 0.05) is 0 Å². The minimum Gasteiger partial charge on any atom is -0.420 e. The van der Waals surface area contributed by atoms with E-state index in [9.17, 15) is 0 Å². The van der Waals surface area contributed by atoms with E-state index < -0.39 is 9.04 Å². The molecule has 0 unspecified atom stereocenters. The van der Waals surface area contributed by atoms with Crippen molar-refractivity contribution in [3.05, 3.63) is 0 Å². The van der Waals surface area contributed by atoms with Gasteiger partial charge in [0.1, 0.15) is 0 Å². The van der Waals surface area contributed by atoms with E-state index in [1.165, 1.54) is 6.55 Å². The van der Waals surface area contributed by atoms with Crippen LogP contribution in [-0.2, 0) is 0 Å². The minimum absolute atomic E-state index is 1.52. The molecule has 5 heavy (non-hydrogen) atoms. The van der Waals surface area contributed by atoms with E-state index in [0.717, 1.165) is 0 Å². The molecule has 0 bridgehead atoms. The van der Waals surface area contributed by atoms with Gasteiger partial charge in [0.25, 0.3) is 0 Å². The van der Waals surface area contributed by atoms with Crippen LogP contribution in [0, 0.1) is 11.0 Å². The summed E-state index contributed by atoms with van der Waals surface area (Å²) in [6.45, 7) is 1.52. The topological polar surface area (TPSA) is 44.0 Å². The van der Waals surface area contributed by atoms with Gasteiger partial charge in [-0.3, -0.25) is 0 Å². The predicted molar refractivity (Wildman–Crippen MR) is 19.4 cm³/mol. The summed E-state index contributed by atoms with van der Waals surface area (Å²) in [4.78, 5) is 8.10. The second-order valence-electron chi connectivity index (χ2n) is 0.697. The molecule has 27 valence electrons. The van der Waals surface area contributed by atoms with Crippen LogP contribution in [0.2, 0.25) is 6.55 Å². The molecular weight excluding hydrogens is 82.1 g/mol. The molecule has 0 rings (SSSR count). The van der Waals surface area contributed by atoms with Gasteiger partial charge in [-0.25, -0.2) is 5.26 Å². The zero-order valence-corrected chi connectivity index (χ0v) is 3.89. The highest BCUT2D eigenvalue weighted by Gasteiger charge is 1.89. The second-order valence-corrected chi connectivity index (χ2v) is 2.09. The zero-order chi connectivity index (χ0) is 4.28. The number of nitriles is 1. The van der Waals surface area contributed by atoms with Crippen LogP contribution in [0.3, 0.4) is 0 Å². The van der Waals surface area contributed by atoms with E-state index in [1.807, 2.05) is 0 Å². The quantitative estimate of drug-likeness (QED) is 0.410. The van der Waals surface area contributed by atoms with Crippen LogP contribution < -0.4 is 0 Å². The number of hydrogen-bond donors (Lipinski definition) is 1. The molecule has 2 nitrogen and oxygen atoms in total. The van der Waals surface area contributed by atoms with Gasteiger partial charge in [-0.05, 0) is 6.55 Å². The smallest absolute Gasteiger partial charge is 0.332 e. The molecule has 3 heteroatoms. The Hall–Kier alpha value is -0.333. The van der Waals surface area contributed by atoms with Gasteiger partial charge in [0.15, 0.2) is 0 Å². The summed E-state index contributed by atoms with van der Waals surface area (Å²) < 4.78 is 0. The maximum absolute atomic E-state index is 8.10. The highest BCUT2D eigenvalue weighted by Crippen LogP contribution is 1.60. The molecule has 0 spiro atoms. The van der Waals surface area contributed by atoms with Gasteiger partial charge in [-0.15, -0.1) is 0 Å². The van der Waals surface area contributed by atoms with E-state index in [2.05, 4.69) is 0 Å². The zero-order valence-electron chi connectivity index (χ0n) is 2.89. The molecule has 0 aromatic heterocycles. The third-order valence-electron chi connectivity index (χ3n) is 0.162. The Morgan fingerprint density at radius 2 is 2.20 bits per heavy atom. The number of nitrogens with zero attached hydrogens (tertiary/aromatic N) is 1. The lowest BCUT2D eigenvalue weighted by molar-refractivity contribution is 0.594. The van der Waals surface area contributed by atoms with Crippen LogP contribution in [0.4, 0.5) is 0 Å². The SMILES string of the molecule is C[Si](O)C#N. The highest BCUT2D eigenvalue weighted by molar-refractivity contribution is 6.57. The van der Waals surface area contributed by atoms with Crippen LogP contribution in [0.15, 0.2) is 0 Å². The monoisotopic (exact) mass is 86.0 g/mol. The van der Waals surface area contributed by atoms with Crippen molar-refractivity contribution in [1.29, 1.82) is 5.26 Å². The minimum atomic E-state index is -1.57. The standard InChI is InChI=1S/C2H4NOSi/c1-5(4)2-3/h4H,1H3. The van der Waals surface area contributed by atoms with Crippen LogP contribution in [0.25, 0.3) is 0 Å². The van der Waals surface area contributed by atoms with Gasteiger partial charge >= 0.3 is 9.04 Å². The summed E-state index contributed by atoms with van der Waals surface area (Å²) in [7, 11) is -1.57. The Kier molecular flexibility index (Phi) is 1.81. The summed E-state index contributed by atoms with van der Waals surface area (Å²) in [5, 5.41) is 7.69. The fraction of sp³-hybridized carbons (Fsp3) is 0.500. The first kappa shape index (κ1) is 4.67. The molecule has 0 atom stereocenters. The fourth-order valence-electron chi connectivity index (χ4n) is 0. The van der Waals surface area contributed by atoms with Crippen molar-refractivity contribution in [3.63, 3.8) is 0 Å². The van der Waals surface area contributed by atoms with Crippen molar-refractivity contribution in [2.45, 2.75) is 6.55 Å². The molecule has 0 heterocycles. The summed E-state index contributed by atoms with van der Waals surface area (Å²) in [5.41, 5.74) is 1.69. The van der Waals surface area contributed by atoms with Crippen molar-refractivity contribution in [2.24, 2.45) is 0 Å². The normalized spacial score (nSPS) is 7.60. The van der Waals surface area contributed by atoms with Crippen molar-refractivity contribution in [2.75, 3.05) is 0 Å². The molecule has 0 aromatic carbocycles. The summed E-state index contributed by atoms with van der Waals surface area (Å²) in [5.74, 6) is 0. The van der Waals surface area contributed by atoms with Crippen molar-refractivity contribution in [3.8, 4) is 5.69 Å². The lowest BCUT2D eigenvalue weighted by atomic mass is 11.8. The molecular formula is C2H4NOSi. The van der Waals surface area contributed by atoms with Crippen molar-refractivity contribution >= 4 is 9.04 Å². The Morgan fingerprint density at radius 1 is 2.00 bits per heavy atom. The van der Waals surface area contributed by atoms with Crippen molar-refractivity contribution in [1.82, 2.24) is 0 Å². The maximum atomic E-state index is 8.10. The molecule has 0 saturated carbocycles. The van der Waals surface area contributed by atoms with E-state index in [1.54, 1.807) is 5.69 Å². The van der Waals surface area contributed by atoms with Crippen molar-refractivity contribution < 1.29 is 4.80 Å². The Labute approximate surface area is 32.4 Å². The lowest BCUT2D eigenvalue weighted by Gasteiger charge is -1.70. The fourth-order valence-corrected chi connectivity index (χ4v) is 0. The molecule has 1 radical (unpaired) electrons. The molecule has 0 aliphatic heterocycles. The van der Waals surface area contributed by atoms with Crippen LogP contribution in [-0.4, -0.2) is 13.8 Å². The lowest BCUT2D eigenvalue weighted by Crippen LogP contribution is -1.98. The average Bonchev–Trinajstić information content (AvgIpc) is 1.38. The number of rotatable bonds is 0. The van der Waals surface area contributed by atoms with E-state index in [-0.39, 0.29) is 0 Å². The molecule has 0 saturated heterocycles. The summed E-state index contributed by atoms with van der Waals surface area (Å²) in [6.07, 6.45) is 0. The third-order valence-corrected chi connectivity index (χ3v) is 0.485. The average molecular weight is 86.1 g/mol. The first-order valence-corrected chi connectivity index (χ1v) is 3.14. The Balaban J connectivity index is 2.94. The Bertz CT molecular complexity index is 55.2. The van der Waals surface area contributed by atoms with Gasteiger partial charge < -0.3 is 4.80 Å². The van der Waals surface area contributed by atoms with Crippen LogP contribution in [0.5, 0.6) is 0 Å². The van der Waals surface area contributed by atoms with Gasteiger partial charge in [0.2, 0.25) is 0 Å². The summed E-state index contributed by atoms with van der Waals surface area (Å²) in [6, 6.07) is 0. The van der Waals surface area contributed by atoms with Gasteiger partial charge in [-0.1, -0.05) is 0 Å². The van der Waals surface area contributed by atoms with E-state index >= 15 is 0 Å². The summed E-state index contributed by atoms with van der Waals surface area (Å²) >= 11 is 0. The first-order chi connectivity index (χ1) is 2.27. The molecule has 0 aliphatic rings. The highest BCUT2D eigenvalue weighted by atomic mass is 28.3. The van der Waals surface area contributed by atoms with Crippen LogP contribution in [0.1, 0.15) is 0 Å². The first-order valence-electron chi connectivity index (χ1n) is 1.20. The third kappa shape index (κ3) is 3.67. The van der Waals surface area contributed by atoms with E-state index in [4.69, 9.17) is 10.1 Å². The number of hydrogen-bond acceptors (Lipinski definition) is 2. The maximum Gasteiger partial charge on any atom is 0.332 e. The Morgan fingerprint density at radius 3 is 2.20 bits per heavy atom. The van der Waals surface area contributed by atoms with Gasteiger partial charge in [-0.2, -0.15) is 0 Å². The van der Waals surface area contributed by atoms with Crippen LogP contribution >= 0.6 is 0 Å². The molecule has 0 fully saturated rings. The molecule has 0 aliphatic carbocycles.